The second-order valence-electron chi connectivity index (χ2n) is 4.69. The number of aromatic nitrogens is 2. The highest BCUT2D eigenvalue weighted by molar-refractivity contribution is 7.98. The smallest absolute Gasteiger partial charge is 0.189 e. The zero-order chi connectivity index (χ0) is 16.1. The summed E-state index contributed by atoms with van der Waals surface area (Å²) in [6.45, 7) is 0.459. The zero-order valence-corrected chi connectivity index (χ0v) is 13.3. The molecule has 23 heavy (non-hydrogen) atoms. The average Bonchev–Trinajstić information content (AvgIpc) is 3.13. The summed E-state index contributed by atoms with van der Waals surface area (Å²) in [5.41, 5.74) is 1.96. The van der Waals surface area contributed by atoms with Gasteiger partial charge in [-0.05, 0) is 18.4 Å². The van der Waals surface area contributed by atoms with Gasteiger partial charge >= 0.3 is 0 Å². The van der Waals surface area contributed by atoms with Crippen molar-refractivity contribution in [2.75, 3.05) is 11.6 Å². The summed E-state index contributed by atoms with van der Waals surface area (Å²) in [6.07, 6.45) is 3.53. The predicted molar refractivity (Wildman–Crippen MR) is 90.0 cm³/mol. The Morgan fingerprint density at radius 2 is 2.00 bits per heavy atom. The van der Waals surface area contributed by atoms with E-state index in [4.69, 9.17) is 4.42 Å². The molecule has 0 radical (unpaired) electrons. The lowest BCUT2D eigenvalue weighted by molar-refractivity contribution is 0.517. The summed E-state index contributed by atoms with van der Waals surface area (Å²) in [5.74, 6) is 1.29. The number of hydrogen-bond donors (Lipinski definition) is 1. The van der Waals surface area contributed by atoms with Crippen molar-refractivity contribution in [1.29, 1.82) is 5.26 Å². The van der Waals surface area contributed by atoms with E-state index < -0.39 is 0 Å². The minimum absolute atomic E-state index is 0.431. The standard InChI is InChI=1S/C17H14N4OS/c1-23-17-20-15(12-6-3-2-4-7-12)14(10-18)16(21-17)19-11-13-8-5-9-22-13/h2-9H,11H2,1H3,(H,19,20,21). The zero-order valence-electron chi connectivity index (χ0n) is 12.5. The fourth-order valence-electron chi connectivity index (χ4n) is 2.15. The van der Waals surface area contributed by atoms with Crippen LogP contribution in [0.1, 0.15) is 11.3 Å². The summed E-state index contributed by atoms with van der Waals surface area (Å²) in [5, 5.41) is 13.4. The summed E-state index contributed by atoms with van der Waals surface area (Å²) in [4.78, 5) is 8.93. The molecule has 5 nitrogen and oxygen atoms in total. The van der Waals surface area contributed by atoms with Crippen molar-refractivity contribution in [3.05, 3.63) is 60.1 Å². The molecule has 6 heteroatoms. The van der Waals surface area contributed by atoms with Gasteiger partial charge in [0.2, 0.25) is 0 Å². The monoisotopic (exact) mass is 322 g/mol. The molecule has 0 atom stereocenters. The van der Waals surface area contributed by atoms with Crippen molar-refractivity contribution in [1.82, 2.24) is 9.97 Å². The Labute approximate surface area is 138 Å². The van der Waals surface area contributed by atoms with Crippen LogP contribution >= 0.6 is 11.8 Å². The van der Waals surface area contributed by atoms with Gasteiger partial charge in [0.25, 0.3) is 0 Å². The van der Waals surface area contributed by atoms with E-state index in [9.17, 15) is 5.26 Å². The number of anilines is 1. The predicted octanol–water partition coefficient (Wildman–Crippen LogP) is 3.94. The largest absolute Gasteiger partial charge is 0.467 e. The first-order chi connectivity index (χ1) is 11.3. The van der Waals surface area contributed by atoms with E-state index in [1.165, 1.54) is 11.8 Å². The maximum Gasteiger partial charge on any atom is 0.189 e. The second-order valence-corrected chi connectivity index (χ2v) is 5.47. The third-order valence-electron chi connectivity index (χ3n) is 3.24. The van der Waals surface area contributed by atoms with Crippen LogP contribution in [-0.4, -0.2) is 16.2 Å². The van der Waals surface area contributed by atoms with E-state index >= 15 is 0 Å². The van der Waals surface area contributed by atoms with E-state index in [1.807, 2.05) is 48.7 Å². The number of furan rings is 1. The molecule has 0 fully saturated rings. The van der Waals surface area contributed by atoms with Crippen molar-refractivity contribution in [2.24, 2.45) is 0 Å². The van der Waals surface area contributed by atoms with E-state index in [0.29, 0.717) is 28.8 Å². The van der Waals surface area contributed by atoms with Gasteiger partial charge in [-0.2, -0.15) is 5.26 Å². The summed E-state index contributed by atoms with van der Waals surface area (Å²) >= 11 is 1.44. The first-order valence-corrected chi connectivity index (χ1v) is 8.22. The lowest BCUT2D eigenvalue weighted by atomic mass is 10.1. The van der Waals surface area contributed by atoms with Gasteiger partial charge in [-0.1, -0.05) is 42.1 Å². The third kappa shape index (κ3) is 3.35. The summed E-state index contributed by atoms with van der Waals surface area (Å²) in [6, 6.07) is 15.6. The molecular formula is C17H14N4OS. The van der Waals surface area contributed by atoms with Crippen LogP contribution in [0.15, 0.2) is 58.3 Å². The number of nitrogens with zero attached hydrogens (tertiary/aromatic N) is 3. The number of nitriles is 1. The molecule has 0 aliphatic rings. The first kappa shape index (κ1) is 15.1. The molecule has 3 rings (SSSR count). The Kier molecular flexibility index (Phi) is 4.60. The van der Waals surface area contributed by atoms with Gasteiger partial charge in [-0.25, -0.2) is 9.97 Å². The van der Waals surface area contributed by atoms with Crippen LogP contribution in [0.4, 0.5) is 5.82 Å². The number of benzene rings is 1. The minimum Gasteiger partial charge on any atom is -0.467 e. The van der Waals surface area contributed by atoms with Crippen LogP contribution in [0, 0.1) is 11.3 Å². The lowest BCUT2D eigenvalue weighted by Crippen LogP contribution is -2.06. The molecule has 1 aromatic carbocycles. The molecule has 3 aromatic rings. The molecule has 0 unspecified atom stereocenters. The minimum atomic E-state index is 0.431. The molecule has 0 aliphatic heterocycles. The van der Waals surface area contributed by atoms with Crippen LogP contribution in [0.25, 0.3) is 11.3 Å². The van der Waals surface area contributed by atoms with Crippen molar-refractivity contribution in [2.45, 2.75) is 11.7 Å². The van der Waals surface area contributed by atoms with Gasteiger partial charge in [-0.3, -0.25) is 0 Å². The molecule has 0 amide bonds. The van der Waals surface area contributed by atoms with E-state index in [2.05, 4.69) is 21.4 Å². The van der Waals surface area contributed by atoms with Gasteiger partial charge in [0.15, 0.2) is 5.16 Å². The van der Waals surface area contributed by atoms with Gasteiger partial charge in [0.1, 0.15) is 23.2 Å². The third-order valence-corrected chi connectivity index (χ3v) is 3.79. The topological polar surface area (TPSA) is 74.7 Å². The van der Waals surface area contributed by atoms with Gasteiger partial charge in [0.05, 0.1) is 18.5 Å². The number of rotatable bonds is 5. The average molecular weight is 322 g/mol. The molecule has 0 spiro atoms. The fraction of sp³-hybridized carbons (Fsp3) is 0.118. The highest BCUT2D eigenvalue weighted by Crippen LogP contribution is 2.28. The molecule has 2 heterocycles. The summed E-state index contributed by atoms with van der Waals surface area (Å²) in [7, 11) is 0. The number of hydrogen-bond acceptors (Lipinski definition) is 6. The highest BCUT2D eigenvalue weighted by Gasteiger charge is 2.15. The molecule has 0 bridgehead atoms. The van der Waals surface area contributed by atoms with Crippen LogP contribution in [0.3, 0.4) is 0 Å². The Bertz CT molecular complexity index is 826. The Hall–Kier alpha value is -2.78. The van der Waals surface area contributed by atoms with Gasteiger partial charge in [-0.15, -0.1) is 0 Å². The second kappa shape index (κ2) is 6.99. The van der Waals surface area contributed by atoms with Gasteiger partial charge in [0, 0.05) is 5.56 Å². The van der Waals surface area contributed by atoms with Crippen molar-refractivity contribution >= 4 is 17.6 Å². The van der Waals surface area contributed by atoms with Gasteiger partial charge < -0.3 is 9.73 Å². The number of thioether (sulfide) groups is 1. The van der Waals surface area contributed by atoms with E-state index in [-0.39, 0.29) is 0 Å². The van der Waals surface area contributed by atoms with E-state index in [0.717, 1.165) is 11.3 Å². The lowest BCUT2D eigenvalue weighted by Gasteiger charge is -2.11. The maximum atomic E-state index is 9.58. The molecule has 2 aromatic heterocycles. The summed E-state index contributed by atoms with van der Waals surface area (Å²) < 4.78 is 5.31. The molecule has 0 aliphatic carbocycles. The van der Waals surface area contributed by atoms with E-state index in [1.54, 1.807) is 6.26 Å². The van der Waals surface area contributed by atoms with Crippen molar-refractivity contribution in [3.63, 3.8) is 0 Å². The van der Waals surface area contributed by atoms with Crippen LogP contribution in [0.2, 0.25) is 0 Å². The molecule has 0 saturated carbocycles. The highest BCUT2D eigenvalue weighted by atomic mass is 32.2. The number of nitrogens with one attached hydrogen (secondary N) is 1. The molecule has 0 saturated heterocycles. The Balaban J connectivity index is 2.02. The molecule has 114 valence electrons. The fourth-order valence-corrected chi connectivity index (χ4v) is 2.52. The van der Waals surface area contributed by atoms with Crippen molar-refractivity contribution < 1.29 is 4.42 Å². The SMILES string of the molecule is CSc1nc(NCc2ccco2)c(C#N)c(-c2ccccc2)n1. The first-order valence-electron chi connectivity index (χ1n) is 6.99. The van der Waals surface area contributed by atoms with Crippen LogP contribution < -0.4 is 5.32 Å². The van der Waals surface area contributed by atoms with Crippen LogP contribution in [-0.2, 0) is 6.54 Å². The maximum absolute atomic E-state index is 9.58. The van der Waals surface area contributed by atoms with Crippen molar-refractivity contribution in [3.8, 4) is 17.3 Å². The molecular weight excluding hydrogens is 308 g/mol. The quantitative estimate of drug-likeness (QED) is 0.566. The van der Waals surface area contributed by atoms with Crippen LogP contribution in [0.5, 0.6) is 0 Å². The Morgan fingerprint density at radius 1 is 1.17 bits per heavy atom. The Morgan fingerprint density at radius 3 is 2.65 bits per heavy atom. The molecule has 1 N–H and O–H groups in total. The normalized spacial score (nSPS) is 10.3.